The van der Waals surface area contributed by atoms with Gasteiger partial charge in [-0.15, -0.1) is 0 Å². The van der Waals surface area contributed by atoms with Crippen LogP contribution in [-0.4, -0.2) is 34.8 Å². The molecule has 1 fully saturated rings. The van der Waals surface area contributed by atoms with Crippen LogP contribution >= 0.6 is 0 Å². The molecule has 0 saturated carbocycles. The number of nitrogens with one attached hydrogen (secondary N) is 2. The van der Waals surface area contributed by atoms with Gasteiger partial charge in [-0.05, 0) is 32.4 Å². The Bertz CT molecular complexity index is 343. The lowest BCUT2D eigenvalue weighted by molar-refractivity contribution is -0.126. The van der Waals surface area contributed by atoms with Gasteiger partial charge in [0.2, 0.25) is 5.91 Å². The van der Waals surface area contributed by atoms with Gasteiger partial charge in [-0.2, -0.15) is 5.10 Å². The van der Waals surface area contributed by atoms with Gasteiger partial charge >= 0.3 is 0 Å². The zero-order chi connectivity index (χ0) is 12.1. The van der Waals surface area contributed by atoms with E-state index in [1.165, 1.54) is 0 Å². The van der Waals surface area contributed by atoms with Crippen molar-refractivity contribution in [1.82, 2.24) is 20.4 Å². The minimum absolute atomic E-state index is 0.115. The molecule has 2 heterocycles. The molecule has 1 amide bonds. The summed E-state index contributed by atoms with van der Waals surface area (Å²) in [5.41, 5.74) is 0. The molecule has 0 aliphatic carbocycles. The molecule has 17 heavy (non-hydrogen) atoms. The molecule has 1 saturated heterocycles. The third-order valence-electron chi connectivity index (χ3n) is 3.08. The van der Waals surface area contributed by atoms with E-state index in [1.54, 1.807) is 6.20 Å². The number of rotatable bonds is 4. The van der Waals surface area contributed by atoms with E-state index in [0.29, 0.717) is 0 Å². The summed E-state index contributed by atoms with van der Waals surface area (Å²) in [5.74, 6) is 0.292. The second-order valence-corrected chi connectivity index (χ2v) is 4.68. The summed E-state index contributed by atoms with van der Waals surface area (Å²) >= 11 is 0. The maximum atomic E-state index is 12.0. The van der Waals surface area contributed by atoms with E-state index in [0.717, 1.165) is 32.5 Å². The second kappa shape index (κ2) is 5.82. The van der Waals surface area contributed by atoms with Crippen LogP contribution in [0.15, 0.2) is 18.5 Å². The lowest BCUT2D eigenvalue weighted by atomic mass is 9.98. The fraction of sp³-hybridized carbons (Fsp3) is 0.667. The highest BCUT2D eigenvalue weighted by Gasteiger charge is 2.21. The SMILES string of the molecule is CC(Cn1cccn1)NC(=O)C1CCCNC1. The minimum atomic E-state index is 0.115. The van der Waals surface area contributed by atoms with E-state index in [-0.39, 0.29) is 17.9 Å². The highest BCUT2D eigenvalue weighted by atomic mass is 16.2. The standard InChI is InChI=1S/C12H20N4O/c1-10(9-16-7-3-6-14-16)15-12(17)11-4-2-5-13-8-11/h3,6-7,10-11,13H,2,4-5,8-9H2,1H3,(H,15,17). The van der Waals surface area contributed by atoms with Crippen LogP contribution in [0.25, 0.3) is 0 Å². The number of piperidine rings is 1. The number of carbonyl (C=O) groups is 1. The molecular formula is C12H20N4O. The van der Waals surface area contributed by atoms with Gasteiger partial charge in [-0.25, -0.2) is 0 Å². The lowest BCUT2D eigenvalue weighted by Gasteiger charge is -2.24. The Balaban J connectivity index is 1.77. The van der Waals surface area contributed by atoms with Crippen molar-refractivity contribution in [1.29, 1.82) is 0 Å². The van der Waals surface area contributed by atoms with Crippen molar-refractivity contribution in [3.63, 3.8) is 0 Å². The van der Waals surface area contributed by atoms with Crippen LogP contribution in [0.5, 0.6) is 0 Å². The Morgan fingerprint density at radius 3 is 3.24 bits per heavy atom. The van der Waals surface area contributed by atoms with Gasteiger partial charge < -0.3 is 10.6 Å². The number of aromatic nitrogens is 2. The largest absolute Gasteiger partial charge is 0.352 e. The summed E-state index contributed by atoms with van der Waals surface area (Å²) in [6.07, 6.45) is 5.74. The highest BCUT2D eigenvalue weighted by molar-refractivity contribution is 5.79. The Kier molecular flexibility index (Phi) is 4.14. The fourth-order valence-electron chi connectivity index (χ4n) is 2.17. The molecule has 2 rings (SSSR count). The quantitative estimate of drug-likeness (QED) is 0.795. The molecule has 2 unspecified atom stereocenters. The van der Waals surface area contributed by atoms with Crippen molar-refractivity contribution in [3.8, 4) is 0 Å². The predicted octanol–water partition coefficient (Wildman–Crippen LogP) is 0.387. The molecule has 0 bridgehead atoms. The first-order valence-electron chi connectivity index (χ1n) is 6.24. The van der Waals surface area contributed by atoms with Gasteiger partial charge in [-0.1, -0.05) is 0 Å². The molecule has 5 heteroatoms. The van der Waals surface area contributed by atoms with E-state index in [2.05, 4.69) is 15.7 Å². The molecule has 5 nitrogen and oxygen atoms in total. The summed E-state index contributed by atoms with van der Waals surface area (Å²) in [5, 5.41) is 10.4. The van der Waals surface area contributed by atoms with Crippen LogP contribution in [0.2, 0.25) is 0 Å². The third kappa shape index (κ3) is 3.56. The summed E-state index contributed by atoms with van der Waals surface area (Å²) in [6.45, 7) is 4.57. The molecular weight excluding hydrogens is 216 g/mol. The maximum Gasteiger partial charge on any atom is 0.224 e. The van der Waals surface area contributed by atoms with Crippen LogP contribution in [-0.2, 0) is 11.3 Å². The summed E-state index contributed by atoms with van der Waals surface area (Å²) in [4.78, 5) is 12.0. The number of nitrogens with zero attached hydrogens (tertiary/aromatic N) is 2. The topological polar surface area (TPSA) is 59.0 Å². The van der Waals surface area contributed by atoms with Crippen molar-refractivity contribution >= 4 is 5.91 Å². The average Bonchev–Trinajstić information content (AvgIpc) is 2.82. The van der Waals surface area contributed by atoms with E-state index in [4.69, 9.17) is 0 Å². The van der Waals surface area contributed by atoms with Crippen LogP contribution in [0.1, 0.15) is 19.8 Å². The van der Waals surface area contributed by atoms with Gasteiger partial charge in [0.05, 0.1) is 12.5 Å². The van der Waals surface area contributed by atoms with Gasteiger partial charge in [0.25, 0.3) is 0 Å². The Morgan fingerprint density at radius 1 is 1.71 bits per heavy atom. The number of amides is 1. The van der Waals surface area contributed by atoms with Crippen molar-refractivity contribution in [3.05, 3.63) is 18.5 Å². The molecule has 0 radical (unpaired) electrons. The van der Waals surface area contributed by atoms with E-state index >= 15 is 0 Å². The molecule has 0 aromatic carbocycles. The predicted molar refractivity (Wildman–Crippen MR) is 65.4 cm³/mol. The van der Waals surface area contributed by atoms with Crippen LogP contribution < -0.4 is 10.6 Å². The van der Waals surface area contributed by atoms with Crippen molar-refractivity contribution in [2.45, 2.75) is 32.4 Å². The first-order valence-corrected chi connectivity index (χ1v) is 6.24. The van der Waals surface area contributed by atoms with Crippen molar-refractivity contribution in [2.24, 2.45) is 5.92 Å². The normalized spacial score (nSPS) is 22.1. The molecule has 1 aromatic rings. The number of hydrogen-bond donors (Lipinski definition) is 2. The Morgan fingerprint density at radius 2 is 2.59 bits per heavy atom. The Labute approximate surface area is 102 Å². The smallest absolute Gasteiger partial charge is 0.224 e. The molecule has 1 aromatic heterocycles. The highest BCUT2D eigenvalue weighted by Crippen LogP contribution is 2.10. The van der Waals surface area contributed by atoms with E-state index < -0.39 is 0 Å². The van der Waals surface area contributed by atoms with Gasteiger partial charge in [-0.3, -0.25) is 9.48 Å². The molecule has 1 aliphatic rings. The molecule has 2 N–H and O–H groups in total. The summed E-state index contributed by atoms with van der Waals surface area (Å²) in [7, 11) is 0. The summed E-state index contributed by atoms with van der Waals surface area (Å²) < 4.78 is 1.84. The minimum Gasteiger partial charge on any atom is -0.352 e. The Hall–Kier alpha value is -1.36. The van der Waals surface area contributed by atoms with Crippen molar-refractivity contribution < 1.29 is 4.79 Å². The van der Waals surface area contributed by atoms with Crippen LogP contribution in [0, 0.1) is 5.92 Å². The van der Waals surface area contributed by atoms with E-state index in [1.807, 2.05) is 23.9 Å². The molecule has 0 spiro atoms. The first kappa shape index (κ1) is 12.1. The average molecular weight is 236 g/mol. The maximum absolute atomic E-state index is 12.0. The monoisotopic (exact) mass is 236 g/mol. The van der Waals surface area contributed by atoms with Crippen molar-refractivity contribution in [2.75, 3.05) is 13.1 Å². The van der Waals surface area contributed by atoms with E-state index in [9.17, 15) is 4.79 Å². The van der Waals surface area contributed by atoms with Gasteiger partial charge in [0.1, 0.15) is 0 Å². The summed E-state index contributed by atoms with van der Waals surface area (Å²) in [6, 6.07) is 2.00. The van der Waals surface area contributed by atoms with Gasteiger partial charge in [0, 0.05) is 25.0 Å². The number of carbonyl (C=O) groups excluding carboxylic acids is 1. The fourth-order valence-corrected chi connectivity index (χ4v) is 2.17. The first-order chi connectivity index (χ1) is 8.25. The molecule has 2 atom stereocenters. The molecule has 1 aliphatic heterocycles. The second-order valence-electron chi connectivity index (χ2n) is 4.68. The lowest BCUT2D eigenvalue weighted by Crippen LogP contribution is -2.44. The zero-order valence-corrected chi connectivity index (χ0v) is 10.2. The van der Waals surface area contributed by atoms with Crippen LogP contribution in [0.4, 0.5) is 0 Å². The number of hydrogen-bond acceptors (Lipinski definition) is 3. The van der Waals surface area contributed by atoms with Gasteiger partial charge in [0.15, 0.2) is 0 Å². The molecule has 94 valence electrons. The zero-order valence-electron chi connectivity index (χ0n) is 10.2. The van der Waals surface area contributed by atoms with Crippen LogP contribution in [0.3, 0.4) is 0 Å². The third-order valence-corrected chi connectivity index (χ3v) is 3.08.